The maximum absolute atomic E-state index is 11.9. The van der Waals surface area contributed by atoms with E-state index in [0.717, 1.165) is 0 Å². The molecule has 0 aliphatic carbocycles. The number of H-pyrrole nitrogens is 1. The average Bonchev–Trinajstić information content (AvgIpc) is 2.33. The Morgan fingerprint density at radius 3 is 2.63 bits per heavy atom. The van der Waals surface area contributed by atoms with Gasteiger partial charge in [0.1, 0.15) is 11.4 Å². The van der Waals surface area contributed by atoms with Crippen LogP contribution in [0.5, 0.6) is 0 Å². The normalized spacial score (nSPS) is 10.8. The van der Waals surface area contributed by atoms with E-state index in [-0.39, 0.29) is 18.1 Å². The van der Waals surface area contributed by atoms with Gasteiger partial charge in [-0.1, -0.05) is 13.8 Å². The van der Waals surface area contributed by atoms with Gasteiger partial charge in [-0.25, -0.2) is 4.98 Å². The second kappa shape index (κ2) is 7.04. The second-order valence-electron chi connectivity index (χ2n) is 4.75. The number of aliphatic hydroxyl groups excluding tert-OH is 1. The van der Waals surface area contributed by atoms with E-state index in [2.05, 4.69) is 15.3 Å². The van der Waals surface area contributed by atoms with Gasteiger partial charge in [-0.2, -0.15) is 0 Å². The van der Waals surface area contributed by atoms with E-state index in [1.54, 1.807) is 6.92 Å². The molecule has 106 valence electrons. The highest BCUT2D eigenvalue weighted by molar-refractivity contribution is 5.94. The minimum Gasteiger partial charge on any atom is -0.396 e. The third-order valence-electron chi connectivity index (χ3n) is 2.76. The number of aliphatic hydroxyl groups is 1. The number of unbranched alkanes of at least 4 members (excludes halogenated alkanes) is 1. The summed E-state index contributed by atoms with van der Waals surface area (Å²) < 4.78 is 0. The van der Waals surface area contributed by atoms with Gasteiger partial charge in [-0.15, -0.1) is 0 Å². The number of carbonyl (C=O) groups is 1. The molecule has 1 aromatic rings. The molecule has 0 unspecified atom stereocenters. The Bertz CT molecular complexity index is 494. The summed E-state index contributed by atoms with van der Waals surface area (Å²) in [6.07, 6.45) is 1.30. The Hall–Kier alpha value is -1.69. The first-order valence-electron chi connectivity index (χ1n) is 6.47. The fraction of sp³-hybridized carbons (Fsp3) is 0.615. The third-order valence-corrected chi connectivity index (χ3v) is 2.76. The molecule has 1 amide bonds. The first kappa shape index (κ1) is 15.4. The van der Waals surface area contributed by atoms with Crippen LogP contribution in [0, 0.1) is 6.92 Å². The molecule has 0 aliphatic rings. The third kappa shape index (κ3) is 4.17. The van der Waals surface area contributed by atoms with Crippen LogP contribution < -0.4 is 10.9 Å². The Balaban J connectivity index is 2.83. The van der Waals surface area contributed by atoms with Gasteiger partial charge in [0.15, 0.2) is 0 Å². The molecular weight excluding hydrogens is 246 g/mol. The van der Waals surface area contributed by atoms with Crippen LogP contribution in [0.25, 0.3) is 0 Å². The fourth-order valence-corrected chi connectivity index (χ4v) is 1.68. The molecule has 0 saturated heterocycles. The summed E-state index contributed by atoms with van der Waals surface area (Å²) in [5.74, 6) is 0.270. The van der Waals surface area contributed by atoms with Crippen molar-refractivity contribution in [2.45, 2.75) is 39.5 Å². The number of amides is 1. The van der Waals surface area contributed by atoms with E-state index < -0.39 is 11.5 Å². The predicted octanol–water partition coefficient (Wildman–Crippen LogP) is 0.704. The minimum atomic E-state index is -0.417. The van der Waals surface area contributed by atoms with Gasteiger partial charge >= 0.3 is 0 Å². The van der Waals surface area contributed by atoms with Crippen molar-refractivity contribution in [1.82, 2.24) is 15.3 Å². The van der Waals surface area contributed by atoms with Gasteiger partial charge in [-0.3, -0.25) is 9.59 Å². The van der Waals surface area contributed by atoms with Crippen molar-refractivity contribution < 1.29 is 9.90 Å². The lowest BCUT2D eigenvalue weighted by atomic mass is 10.1. The molecule has 0 aliphatic heterocycles. The van der Waals surface area contributed by atoms with Crippen LogP contribution in [0.1, 0.15) is 54.5 Å². The summed E-state index contributed by atoms with van der Waals surface area (Å²) in [7, 11) is 0. The summed E-state index contributed by atoms with van der Waals surface area (Å²) in [4.78, 5) is 30.7. The maximum atomic E-state index is 11.9. The van der Waals surface area contributed by atoms with Crippen molar-refractivity contribution in [2.24, 2.45) is 0 Å². The SMILES string of the molecule is Cc1nc(C(C)C)[nH]c(=O)c1C(=O)NCCCCO. The van der Waals surface area contributed by atoms with Crippen LogP contribution in [-0.2, 0) is 0 Å². The highest BCUT2D eigenvalue weighted by atomic mass is 16.3. The molecule has 0 radical (unpaired) electrons. The van der Waals surface area contributed by atoms with Crippen LogP contribution >= 0.6 is 0 Å². The first-order chi connectivity index (χ1) is 8.97. The van der Waals surface area contributed by atoms with Gasteiger partial charge in [0, 0.05) is 19.1 Å². The van der Waals surface area contributed by atoms with E-state index in [1.807, 2.05) is 13.8 Å². The quantitative estimate of drug-likeness (QED) is 0.661. The lowest BCUT2D eigenvalue weighted by molar-refractivity contribution is 0.0949. The fourth-order valence-electron chi connectivity index (χ4n) is 1.68. The molecule has 1 aromatic heterocycles. The Labute approximate surface area is 112 Å². The number of rotatable bonds is 6. The van der Waals surface area contributed by atoms with E-state index in [9.17, 15) is 9.59 Å². The molecule has 1 rings (SSSR count). The number of carbonyl (C=O) groups excluding carboxylic acids is 1. The van der Waals surface area contributed by atoms with Crippen molar-refractivity contribution in [3.05, 3.63) is 27.4 Å². The van der Waals surface area contributed by atoms with Crippen LogP contribution in [0.15, 0.2) is 4.79 Å². The van der Waals surface area contributed by atoms with Gasteiger partial charge in [-0.05, 0) is 19.8 Å². The molecule has 0 aromatic carbocycles. The first-order valence-corrected chi connectivity index (χ1v) is 6.47. The average molecular weight is 267 g/mol. The van der Waals surface area contributed by atoms with Crippen molar-refractivity contribution >= 4 is 5.91 Å². The molecule has 0 spiro atoms. The van der Waals surface area contributed by atoms with Crippen molar-refractivity contribution in [3.8, 4) is 0 Å². The molecule has 0 atom stereocenters. The summed E-state index contributed by atoms with van der Waals surface area (Å²) in [6.45, 7) is 6.03. The van der Waals surface area contributed by atoms with Crippen molar-refractivity contribution in [1.29, 1.82) is 0 Å². The van der Waals surface area contributed by atoms with Crippen molar-refractivity contribution in [2.75, 3.05) is 13.2 Å². The monoisotopic (exact) mass is 267 g/mol. The molecule has 6 nitrogen and oxygen atoms in total. The lowest BCUT2D eigenvalue weighted by Crippen LogP contribution is -2.32. The zero-order valence-electron chi connectivity index (χ0n) is 11.6. The topological polar surface area (TPSA) is 95.1 Å². The molecular formula is C13H21N3O3. The highest BCUT2D eigenvalue weighted by Gasteiger charge is 2.16. The van der Waals surface area contributed by atoms with Gasteiger partial charge in [0.05, 0.1) is 5.69 Å². The molecule has 3 N–H and O–H groups in total. The van der Waals surface area contributed by atoms with Gasteiger partial charge in [0.2, 0.25) is 0 Å². The van der Waals surface area contributed by atoms with E-state index in [1.165, 1.54) is 0 Å². The summed E-state index contributed by atoms with van der Waals surface area (Å²) in [5.41, 5.74) is 0.0939. The number of hydrogen-bond acceptors (Lipinski definition) is 4. The molecule has 0 saturated carbocycles. The summed E-state index contributed by atoms with van der Waals surface area (Å²) in [5, 5.41) is 11.3. The minimum absolute atomic E-state index is 0.0633. The zero-order chi connectivity index (χ0) is 14.4. The highest BCUT2D eigenvalue weighted by Crippen LogP contribution is 2.08. The molecule has 19 heavy (non-hydrogen) atoms. The zero-order valence-corrected chi connectivity index (χ0v) is 11.6. The number of aromatic amines is 1. The van der Waals surface area contributed by atoms with Crippen molar-refractivity contribution in [3.63, 3.8) is 0 Å². The van der Waals surface area contributed by atoms with E-state index in [4.69, 9.17) is 5.11 Å². The number of aryl methyl sites for hydroxylation is 1. The summed E-state index contributed by atoms with van der Waals surface area (Å²) in [6, 6.07) is 0. The van der Waals surface area contributed by atoms with Crippen LogP contribution in [0.2, 0.25) is 0 Å². The number of nitrogens with one attached hydrogen (secondary N) is 2. The van der Waals surface area contributed by atoms with E-state index in [0.29, 0.717) is 30.9 Å². The Kier molecular flexibility index (Phi) is 5.69. The molecule has 0 bridgehead atoms. The van der Waals surface area contributed by atoms with Crippen LogP contribution in [0.4, 0.5) is 0 Å². The molecule has 6 heteroatoms. The van der Waals surface area contributed by atoms with Gasteiger partial charge < -0.3 is 15.4 Å². The number of aromatic nitrogens is 2. The van der Waals surface area contributed by atoms with Gasteiger partial charge in [0.25, 0.3) is 11.5 Å². The largest absolute Gasteiger partial charge is 0.396 e. The number of nitrogens with zero attached hydrogens (tertiary/aromatic N) is 1. The Morgan fingerprint density at radius 2 is 2.11 bits per heavy atom. The number of hydrogen-bond donors (Lipinski definition) is 3. The van der Waals surface area contributed by atoms with Crippen LogP contribution in [-0.4, -0.2) is 34.1 Å². The maximum Gasteiger partial charge on any atom is 0.264 e. The lowest BCUT2D eigenvalue weighted by Gasteiger charge is -2.09. The molecule has 1 heterocycles. The standard InChI is InChI=1S/C13H21N3O3/c1-8(2)11-15-9(3)10(13(19)16-11)12(18)14-6-4-5-7-17/h8,17H,4-7H2,1-3H3,(H,14,18)(H,15,16,19). The smallest absolute Gasteiger partial charge is 0.264 e. The Morgan fingerprint density at radius 1 is 1.42 bits per heavy atom. The molecule has 0 fully saturated rings. The van der Waals surface area contributed by atoms with Crippen LogP contribution in [0.3, 0.4) is 0 Å². The second-order valence-corrected chi connectivity index (χ2v) is 4.75. The van der Waals surface area contributed by atoms with E-state index >= 15 is 0 Å². The predicted molar refractivity (Wildman–Crippen MR) is 72.3 cm³/mol. The summed E-state index contributed by atoms with van der Waals surface area (Å²) >= 11 is 0.